The summed E-state index contributed by atoms with van der Waals surface area (Å²) >= 11 is 8.75. The van der Waals surface area contributed by atoms with Crippen LogP contribution in [0.4, 0.5) is 5.69 Å². The van der Waals surface area contributed by atoms with Crippen LogP contribution in [0.2, 0.25) is 0 Å². The number of allylic oxidation sites excluding steroid dienone is 1. The topological polar surface area (TPSA) is 78.9 Å². The molecular weight excluding hydrogens is 668 g/mol. The maximum Gasteiger partial charge on any atom is 0.263 e. The van der Waals surface area contributed by atoms with E-state index in [1.165, 1.54) is 40.5 Å². The molecule has 1 saturated heterocycles. The summed E-state index contributed by atoms with van der Waals surface area (Å²) in [4.78, 5) is 15.4. The largest absolute Gasteiger partial charge is 0.490 e. The summed E-state index contributed by atoms with van der Waals surface area (Å²) in [6.07, 6.45) is 12.7. The third-order valence-electron chi connectivity index (χ3n) is 9.55. The number of thioether (sulfide) groups is 2. The standard InChI is InChI=1S/C32H42N2O4S.C4H8S2.CH3Cl/c1-4-5-12-29(35)26-15-13-25(26)19-34-20-32(17-8-10-23-9-6-7-11-27(23)32)21-38-30-16-14-24(18-28(30)34)31(36)33-39(37)22(2)3;1-2-5-4-6-3-1;1-2/h5-7,9,11-12,14,16,18,22,25-26,29,35H,4,8,10,13,15,17,19-21H2,1-3H3,(H,33,36);1-4H2;1H3/b12-5+;;/t25?,26?,29?,32-,39?;;/m0../s1. The summed E-state index contributed by atoms with van der Waals surface area (Å²) in [5.74, 6) is 3.82. The van der Waals surface area contributed by atoms with Gasteiger partial charge in [0, 0.05) is 40.8 Å². The third kappa shape index (κ3) is 9.96. The molecule has 2 fully saturated rings. The molecule has 1 amide bonds. The second kappa shape index (κ2) is 18.9. The lowest BCUT2D eigenvalue weighted by Crippen LogP contribution is -2.49. The number of benzene rings is 2. The Bertz CT molecular complexity index is 1340. The highest BCUT2D eigenvalue weighted by molar-refractivity contribution is 8.16. The van der Waals surface area contributed by atoms with Gasteiger partial charge in [-0.05, 0) is 111 Å². The number of nitrogens with zero attached hydrogens (tertiary/aromatic N) is 1. The number of aliphatic hydroxyl groups excluding tert-OH is 1. The summed E-state index contributed by atoms with van der Waals surface area (Å²) in [5, 5.41) is 12.0. The highest BCUT2D eigenvalue weighted by atomic mass is 35.5. The fourth-order valence-electron chi connectivity index (χ4n) is 6.90. The predicted molar refractivity (Wildman–Crippen MR) is 204 cm³/mol. The smallest absolute Gasteiger partial charge is 0.263 e. The Kier molecular flexibility index (Phi) is 15.4. The molecule has 2 aromatic rings. The van der Waals surface area contributed by atoms with Crippen LogP contribution < -0.4 is 14.4 Å². The van der Waals surface area contributed by atoms with Crippen LogP contribution in [0.5, 0.6) is 5.75 Å². The molecule has 1 saturated carbocycles. The van der Waals surface area contributed by atoms with Crippen molar-refractivity contribution < 1.29 is 18.8 Å². The lowest BCUT2D eigenvalue weighted by atomic mass is 9.68. The Labute approximate surface area is 298 Å². The number of amides is 1. The summed E-state index contributed by atoms with van der Waals surface area (Å²) < 4.78 is 21.5. The number of carbonyl (C=O) groups is 1. The number of aryl methyl sites for hydroxylation is 1. The van der Waals surface area contributed by atoms with Gasteiger partial charge in [0.05, 0.1) is 18.4 Å². The first-order valence-corrected chi connectivity index (χ1v) is 21.3. The van der Waals surface area contributed by atoms with Gasteiger partial charge in [0.15, 0.2) is 0 Å². The van der Waals surface area contributed by atoms with Gasteiger partial charge in [-0.25, -0.2) is 4.21 Å². The molecule has 2 aliphatic heterocycles. The Morgan fingerprint density at radius 2 is 1.94 bits per heavy atom. The van der Waals surface area contributed by atoms with Crippen molar-refractivity contribution in [3.8, 4) is 5.75 Å². The first kappa shape index (κ1) is 38.2. The zero-order chi connectivity index (χ0) is 33.8. The van der Waals surface area contributed by atoms with E-state index >= 15 is 0 Å². The van der Waals surface area contributed by atoms with Crippen LogP contribution in [0.15, 0.2) is 54.6 Å². The molecular formula is C37H53ClN2O4S3. The van der Waals surface area contributed by atoms with Crippen LogP contribution in [0.3, 0.4) is 0 Å². The number of carbonyl (C=O) groups excluding carboxylic acids is 1. The molecule has 10 heteroatoms. The average molecular weight is 721 g/mol. The van der Waals surface area contributed by atoms with E-state index in [-0.39, 0.29) is 22.5 Å². The van der Waals surface area contributed by atoms with Crippen LogP contribution >= 0.6 is 35.1 Å². The fraction of sp³-hybridized carbons (Fsp3) is 0.595. The Morgan fingerprint density at radius 1 is 1.17 bits per heavy atom. The van der Waals surface area contributed by atoms with E-state index in [1.807, 2.05) is 32.1 Å². The summed E-state index contributed by atoms with van der Waals surface area (Å²) in [5.41, 5.74) is 4.01. The highest BCUT2D eigenvalue weighted by Gasteiger charge is 2.44. The molecule has 0 aromatic heterocycles. The molecule has 2 N–H and O–H groups in total. The lowest BCUT2D eigenvalue weighted by Gasteiger charge is -2.45. The minimum Gasteiger partial charge on any atom is -0.490 e. The molecule has 2 aromatic carbocycles. The molecule has 0 radical (unpaired) electrons. The van der Waals surface area contributed by atoms with Crippen molar-refractivity contribution in [2.45, 2.75) is 82.5 Å². The second-order valence-electron chi connectivity index (χ2n) is 13.0. The van der Waals surface area contributed by atoms with E-state index in [4.69, 9.17) is 4.74 Å². The van der Waals surface area contributed by atoms with Gasteiger partial charge in [-0.3, -0.25) is 9.52 Å². The van der Waals surface area contributed by atoms with E-state index in [1.54, 1.807) is 6.07 Å². The normalized spacial score (nSPS) is 24.6. The predicted octanol–water partition coefficient (Wildman–Crippen LogP) is 7.98. The zero-order valence-electron chi connectivity index (χ0n) is 28.4. The molecule has 2 aliphatic carbocycles. The third-order valence-corrected chi connectivity index (χ3v) is 13.3. The van der Waals surface area contributed by atoms with Gasteiger partial charge in [0.25, 0.3) is 5.91 Å². The molecule has 4 aliphatic rings. The number of hydrogen-bond donors (Lipinski definition) is 2. The van der Waals surface area contributed by atoms with Crippen LogP contribution in [-0.2, 0) is 22.8 Å². The van der Waals surface area contributed by atoms with E-state index in [0.717, 1.165) is 63.1 Å². The number of rotatable bonds is 8. The minimum atomic E-state index is -1.44. The molecule has 5 atom stereocenters. The molecule has 2 heterocycles. The molecule has 4 unspecified atom stereocenters. The van der Waals surface area contributed by atoms with Gasteiger partial charge < -0.3 is 14.7 Å². The molecule has 260 valence electrons. The van der Waals surface area contributed by atoms with Crippen molar-refractivity contribution in [2.75, 3.05) is 47.6 Å². The quantitative estimate of drug-likeness (QED) is 0.212. The average Bonchev–Trinajstić information content (AvgIpc) is 3.24. The number of fused-ring (bicyclic) bond motifs is 3. The number of alkyl halides is 1. The number of ether oxygens (including phenoxy) is 1. The van der Waals surface area contributed by atoms with E-state index in [0.29, 0.717) is 18.1 Å². The summed E-state index contributed by atoms with van der Waals surface area (Å²) in [6, 6.07) is 14.3. The first-order valence-electron chi connectivity index (χ1n) is 17.0. The highest BCUT2D eigenvalue weighted by Crippen LogP contribution is 2.46. The number of hydrogen-bond acceptors (Lipinski definition) is 7. The van der Waals surface area contributed by atoms with Crippen molar-refractivity contribution in [3.05, 3.63) is 71.3 Å². The minimum absolute atomic E-state index is 0.143. The molecule has 6 rings (SSSR count). The van der Waals surface area contributed by atoms with Crippen molar-refractivity contribution >= 4 is 57.7 Å². The summed E-state index contributed by atoms with van der Waals surface area (Å²) in [6.45, 7) is 7.91. The van der Waals surface area contributed by atoms with Crippen molar-refractivity contribution in [3.63, 3.8) is 0 Å². The number of aliphatic hydroxyl groups is 1. The Hall–Kier alpha value is -1.65. The maximum atomic E-state index is 13.0. The van der Waals surface area contributed by atoms with Gasteiger partial charge in [-0.2, -0.15) is 23.5 Å². The second-order valence-corrected chi connectivity index (χ2v) is 17.4. The van der Waals surface area contributed by atoms with Gasteiger partial charge in [0.1, 0.15) is 16.7 Å². The van der Waals surface area contributed by atoms with E-state index in [9.17, 15) is 14.1 Å². The molecule has 1 spiro atoms. The summed E-state index contributed by atoms with van der Waals surface area (Å²) in [7, 11) is -1.44. The molecule has 6 nitrogen and oxygen atoms in total. The fourth-order valence-corrected chi connectivity index (χ4v) is 9.74. The number of nitrogens with one attached hydrogen (secondary N) is 1. The van der Waals surface area contributed by atoms with Crippen LogP contribution in [0.25, 0.3) is 0 Å². The lowest BCUT2D eigenvalue weighted by molar-refractivity contribution is 0.0456. The first-order chi connectivity index (χ1) is 22.8. The monoisotopic (exact) mass is 720 g/mol. The van der Waals surface area contributed by atoms with Gasteiger partial charge in [-0.15, -0.1) is 11.6 Å². The van der Waals surface area contributed by atoms with Crippen LogP contribution in [0, 0.1) is 11.8 Å². The number of halogens is 1. The maximum absolute atomic E-state index is 13.0. The van der Waals surface area contributed by atoms with E-state index in [2.05, 4.69) is 82.0 Å². The Morgan fingerprint density at radius 3 is 2.57 bits per heavy atom. The van der Waals surface area contributed by atoms with Crippen molar-refractivity contribution in [2.24, 2.45) is 11.8 Å². The van der Waals surface area contributed by atoms with Crippen molar-refractivity contribution in [1.29, 1.82) is 0 Å². The molecule has 0 bridgehead atoms. The van der Waals surface area contributed by atoms with Crippen LogP contribution in [-0.4, -0.2) is 69.2 Å². The van der Waals surface area contributed by atoms with Gasteiger partial charge in [0.2, 0.25) is 0 Å². The van der Waals surface area contributed by atoms with Gasteiger partial charge in [-0.1, -0.05) is 43.3 Å². The van der Waals surface area contributed by atoms with Gasteiger partial charge >= 0.3 is 0 Å². The Balaban J connectivity index is 0.000000554. The zero-order valence-corrected chi connectivity index (χ0v) is 31.6. The van der Waals surface area contributed by atoms with Crippen molar-refractivity contribution in [1.82, 2.24) is 4.72 Å². The molecule has 47 heavy (non-hydrogen) atoms. The number of anilines is 1. The SMILES string of the molecule is C1CSCSC1.CC/C=C/C(O)C1CCC1CN1C[C@@]2(CCCc3ccccc32)COc2ccc(C(=O)NS(=O)C(C)C)cc21.CCl. The van der Waals surface area contributed by atoms with E-state index < -0.39 is 17.1 Å². The van der Waals surface area contributed by atoms with Crippen LogP contribution in [0.1, 0.15) is 80.8 Å².